The highest BCUT2D eigenvalue weighted by Crippen LogP contribution is 2.12. The highest BCUT2D eigenvalue weighted by Gasteiger charge is 2.32. The van der Waals surface area contributed by atoms with Crippen molar-refractivity contribution in [3.63, 3.8) is 0 Å². The monoisotopic (exact) mass is 614 g/mol. The van der Waals surface area contributed by atoms with Crippen LogP contribution in [0.25, 0.3) is 0 Å². The van der Waals surface area contributed by atoms with Gasteiger partial charge in [-0.15, -0.1) is 0 Å². The van der Waals surface area contributed by atoms with Crippen LogP contribution in [0.15, 0.2) is 24.3 Å². The molecule has 4 atom stereocenters. The average molecular weight is 615 g/mol. The van der Waals surface area contributed by atoms with Crippen LogP contribution in [0.3, 0.4) is 0 Å². The van der Waals surface area contributed by atoms with Gasteiger partial charge in [-0.3, -0.25) is 24.0 Å². The Bertz CT molecular complexity index is 1060. The average Bonchev–Trinajstić information content (AvgIpc) is 2.92. The number of aliphatic carboxylic acids is 1. The first-order valence-corrected chi connectivity index (χ1v) is 15.4. The summed E-state index contributed by atoms with van der Waals surface area (Å²) in [4.78, 5) is 74.6. The Labute approximate surface area is 246 Å². The second-order valence-electron chi connectivity index (χ2n) is 8.95. The summed E-state index contributed by atoms with van der Waals surface area (Å²) in [7, 11) is 0. The standard InChI is InChI=1S/C25H38N6O8S2/c1-40-9-7-16(29-23(36)18(28-21(34)13-26)11-14-3-5-15(32)6-4-14)22(35)31-19(12-20(27)33)24(37)30-17(25(38)39)8-10-41-2/h3-6,16-19,32H,7-13,26H2,1-2H3,(H2,27,33)(H,28,34)(H,29,36)(H,30,37)(H,31,35)(H,38,39)/t16-,17-,18-,19-/m0/s1. The minimum absolute atomic E-state index is 0.0167. The van der Waals surface area contributed by atoms with Crippen molar-refractivity contribution in [1.29, 1.82) is 0 Å². The Morgan fingerprint density at radius 2 is 1.27 bits per heavy atom. The molecule has 0 aliphatic heterocycles. The van der Waals surface area contributed by atoms with E-state index in [1.54, 1.807) is 24.6 Å². The number of aromatic hydroxyl groups is 1. The molecular formula is C25H38N6O8S2. The fourth-order valence-corrected chi connectivity index (χ4v) is 4.50. The molecule has 0 bridgehead atoms. The second kappa shape index (κ2) is 18.8. The van der Waals surface area contributed by atoms with Crippen LogP contribution in [0.2, 0.25) is 0 Å². The summed E-state index contributed by atoms with van der Waals surface area (Å²) in [6.45, 7) is -0.381. The van der Waals surface area contributed by atoms with Gasteiger partial charge in [0.25, 0.3) is 0 Å². The Morgan fingerprint density at radius 1 is 0.780 bits per heavy atom. The number of thioether (sulfide) groups is 2. The van der Waals surface area contributed by atoms with Crippen LogP contribution in [0.4, 0.5) is 0 Å². The number of primary amides is 1. The highest BCUT2D eigenvalue weighted by atomic mass is 32.2. The maximum absolute atomic E-state index is 13.2. The molecule has 0 aliphatic rings. The number of nitrogens with two attached hydrogens (primary N) is 2. The van der Waals surface area contributed by atoms with E-state index in [1.165, 1.54) is 35.7 Å². The van der Waals surface area contributed by atoms with Gasteiger partial charge in [0.1, 0.15) is 29.9 Å². The number of carboxylic acid groups (broad SMARTS) is 1. The molecule has 0 heterocycles. The van der Waals surface area contributed by atoms with Gasteiger partial charge in [0.05, 0.1) is 13.0 Å². The Hall–Kier alpha value is -3.50. The number of carbonyl (C=O) groups excluding carboxylic acids is 5. The van der Waals surface area contributed by atoms with Gasteiger partial charge in [0.15, 0.2) is 0 Å². The van der Waals surface area contributed by atoms with E-state index in [9.17, 15) is 39.0 Å². The van der Waals surface area contributed by atoms with E-state index in [-0.39, 0.29) is 31.6 Å². The van der Waals surface area contributed by atoms with Gasteiger partial charge in [-0.25, -0.2) is 4.79 Å². The second-order valence-corrected chi connectivity index (χ2v) is 10.9. The molecule has 0 fully saturated rings. The molecule has 0 unspecified atom stereocenters. The molecule has 0 saturated heterocycles. The molecule has 41 heavy (non-hydrogen) atoms. The normalized spacial score (nSPS) is 13.6. The number of rotatable bonds is 19. The molecule has 0 aliphatic carbocycles. The van der Waals surface area contributed by atoms with Gasteiger partial charge >= 0.3 is 5.97 Å². The van der Waals surface area contributed by atoms with Gasteiger partial charge in [-0.05, 0) is 54.6 Å². The van der Waals surface area contributed by atoms with E-state index in [4.69, 9.17) is 11.5 Å². The minimum atomic E-state index is -1.49. The van der Waals surface area contributed by atoms with Crippen molar-refractivity contribution in [2.24, 2.45) is 11.5 Å². The molecule has 0 aromatic heterocycles. The van der Waals surface area contributed by atoms with E-state index in [0.29, 0.717) is 17.1 Å². The lowest BCUT2D eigenvalue weighted by molar-refractivity contribution is -0.142. The summed E-state index contributed by atoms with van der Waals surface area (Å²) in [5.74, 6) is -4.34. The first kappa shape index (κ1) is 35.5. The van der Waals surface area contributed by atoms with Crippen LogP contribution in [0.5, 0.6) is 5.75 Å². The van der Waals surface area contributed by atoms with Crippen molar-refractivity contribution in [2.45, 2.75) is 49.9 Å². The van der Waals surface area contributed by atoms with Crippen molar-refractivity contribution >= 4 is 59.0 Å². The predicted octanol–water partition coefficient (Wildman–Crippen LogP) is -1.70. The number of hydrogen-bond acceptors (Lipinski definition) is 10. The Kier molecular flexibility index (Phi) is 16.3. The summed E-state index contributed by atoms with van der Waals surface area (Å²) in [6.07, 6.45) is 3.22. The van der Waals surface area contributed by atoms with Crippen molar-refractivity contribution in [1.82, 2.24) is 21.3 Å². The zero-order valence-corrected chi connectivity index (χ0v) is 24.5. The Balaban J connectivity index is 3.12. The lowest BCUT2D eigenvalue weighted by atomic mass is 10.0. The summed E-state index contributed by atoms with van der Waals surface area (Å²) in [5.41, 5.74) is 11.3. The van der Waals surface area contributed by atoms with Crippen LogP contribution in [0.1, 0.15) is 24.8 Å². The molecule has 0 spiro atoms. The summed E-state index contributed by atoms with van der Waals surface area (Å²) in [6, 6.07) is 0.931. The summed E-state index contributed by atoms with van der Waals surface area (Å²) in [5, 5.41) is 28.8. The Morgan fingerprint density at radius 3 is 1.78 bits per heavy atom. The lowest BCUT2D eigenvalue weighted by Crippen LogP contribution is -2.58. The topological polar surface area (TPSA) is 243 Å². The molecule has 0 radical (unpaired) electrons. The number of phenolic OH excluding ortho intramolecular Hbond substituents is 1. The quantitative estimate of drug-likeness (QED) is 0.0873. The molecule has 1 aromatic rings. The predicted molar refractivity (Wildman–Crippen MR) is 156 cm³/mol. The fraction of sp³-hybridized carbons (Fsp3) is 0.520. The van der Waals surface area contributed by atoms with Crippen molar-refractivity contribution in [3.8, 4) is 5.75 Å². The van der Waals surface area contributed by atoms with Gasteiger partial charge in [-0.1, -0.05) is 12.1 Å². The molecule has 5 amide bonds. The van der Waals surface area contributed by atoms with Gasteiger partial charge in [0, 0.05) is 6.42 Å². The van der Waals surface area contributed by atoms with E-state index in [1.807, 2.05) is 0 Å². The summed E-state index contributed by atoms with van der Waals surface area (Å²) < 4.78 is 0. The number of phenols is 1. The molecule has 1 rings (SSSR count). The molecule has 16 heteroatoms. The maximum atomic E-state index is 13.2. The largest absolute Gasteiger partial charge is 0.508 e. The van der Waals surface area contributed by atoms with Crippen LogP contribution in [0, 0.1) is 0 Å². The highest BCUT2D eigenvalue weighted by molar-refractivity contribution is 7.98. The van der Waals surface area contributed by atoms with Crippen molar-refractivity contribution in [3.05, 3.63) is 29.8 Å². The third kappa shape index (κ3) is 13.6. The summed E-state index contributed by atoms with van der Waals surface area (Å²) >= 11 is 2.78. The lowest BCUT2D eigenvalue weighted by Gasteiger charge is -2.25. The maximum Gasteiger partial charge on any atom is 0.326 e. The van der Waals surface area contributed by atoms with Gasteiger partial charge in [-0.2, -0.15) is 23.5 Å². The number of nitrogens with one attached hydrogen (secondary N) is 4. The zero-order chi connectivity index (χ0) is 30.9. The minimum Gasteiger partial charge on any atom is -0.508 e. The fourth-order valence-electron chi connectivity index (χ4n) is 3.56. The SMILES string of the molecule is CSCC[C@H](NC(=O)[C@H](CC(N)=O)NC(=O)[C@H](CCSC)NC(=O)[C@H](Cc1ccc(O)cc1)NC(=O)CN)C(=O)O. The number of carboxylic acids is 1. The first-order valence-electron chi connectivity index (χ1n) is 12.6. The molecule has 0 saturated carbocycles. The van der Waals surface area contributed by atoms with E-state index >= 15 is 0 Å². The van der Waals surface area contributed by atoms with Crippen LogP contribution < -0.4 is 32.7 Å². The molecule has 1 aromatic carbocycles. The first-order chi connectivity index (χ1) is 19.4. The third-order valence-corrected chi connectivity index (χ3v) is 7.01. The van der Waals surface area contributed by atoms with Crippen molar-refractivity contribution in [2.75, 3.05) is 30.6 Å². The van der Waals surface area contributed by atoms with Gasteiger partial charge < -0.3 is 42.9 Å². The smallest absolute Gasteiger partial charge is 0.326 e. The zero-order valence-electron chi connectivity index (χ0n) is 22.9. The van der Waals surface area contributed by atoms with Crippen LogP contribution >= 0.6 is 23.5 Å². The third-order valence-electron chi connectivity index (χ3n) is 5.72. The number of carbonyl (C=O) groups is 6. The molecule has 228 valence electrons. The van der Waals surface area contributed by atoms with Gasteiger partial charge in [0.2, 0.25) is 29.5 Å². The molecule has 14 nitrogen and oxygen atoms in total. The number of benzene rings is 1. The van der Waals surface area contributed by atoms with E-state index in [0.717, 1.165) is 0 Å². The number of hydrogen-bond donors (Lipinski definition) is 8. The van der Waals surface area contributed by atoms with E-state index < -0.39 is 66.1 Å². The van der Waals surface area contributed by atoms with Crippen LogP contribution in [-0.4, -0.2) is 100 Å². The molecular weight excluding hydrogens is 576 g/mol. The van der Waals surface area contributed by atoms with Crippen LogP contribution in [-0.2, 0) is 35.2 Å². The number of amides is 5. The molecule has 10 N–H and O–H groups in total. The van der Waals surface area contributed by atoms with Crippen molar-refractivity contribution < 1.29 is 39.0 Å². The van der Waals surface area contributed by atoms with E-state index in [2.05, 4.69) is 21.3 Å².